The second kappa shape index (κ2) is 2.56. The van der Waals surface area contributed by atoms with Gasteiger partial charge in [0.1, 0.15) is 5.75 Å². The Bertz CT molecular complexity index is 385. The molecular formula is C11H16N2O. The summed E-state index contributed by atoms with van der Waals surface area (Å²) in [7, 11) is 2.03. The van der Waals surface area contributed by atoms with Gasteiger partial charge in [0.15, 0.2) is 0 Å². The van der Waals surface area contributed by atoms with E-state index >= 15 is 0 Å². The van der Waals surface area contributed by atoms with E-state index in [1.54, 1.807) is 6.07 Å². The summed E-state index contributed by atoms with van der Waals surface area (Å²) in [6, 6.07) is 3.63. The van der Waals surface area contributed by atoms with Gasteiger partial charge in [-0.2, -0.15) is 0 Å². The lowest BCUT2D eigenvalue weighted by atomic mass is 9.87. The Hall–Kier alpha value is -1.38. The third kappa shape index (κ3) is 1.12. The molecule has 0 amide bonds. The fourth-order valence-corrected chi connectivity index (χ4v) is 2.22. The van der Waals surface area contributed by atoms with Crippen molar-refractivity contribution in [1.29, 1.82) is 0 Å². The number of hydrogen-bond donors (Lipinski definition) is 2. The third-order valence-corrected chi connectivity index (χ3v) is 2.92. The molecule has 0 fully saturated rings. The standard InChI is InChI=1S/C11H16N2O/c1-11(2)6-13(3)9-5-10(14)8(12)4-7(9)11/h4-5,14H,6,12H2,1-3H3. The summed E-state index contributed by atoms with van der Waals surface area (Å²) in [5.41, 5.74) is 8.58. The molecule has 3 nitrogen and oxygen atoms in total. The number of fused-ring (bicyclic) bond motifs is 1. The average Bonchev–Trinajstić information content (AvgIpc) is 2.26. The van der Waals surface area contributed by atoms with Crippen molar-refractivity contribution in [2.24, 2.45) is 0 Å². The number of nitrogen functional groups attached to an aromatic ring is 1. The number of phenols is 1. The number of anilines is 2. The largest absolute Gasteiger partial charge is 0.506 e. The number of nitrogens with two attached hydrogens (primary N) is 1. The molecule has 0 aliphatic carbocycles. The van der Waals surface area contributed by atoms with Crippen LogP contribution >= 0.6 is 0 Å². The first-order valence-electron chi connectivity index (χ1n) is 4.76. The molecule has 0 radical (unpaired) electrons. The lowest BCUT2D eigenvalue weighted by molar-refractivity contribution is 0.478. The second-order valence-electron chi connectivity index (χ2n) is 4.67. The SMILES string of the molecule is CN1CC(C)(C)c2cc(N)c(O)cc21. The first-order chi connectivity index (χ1) is 6.42. The number of nitrogens with zero attached hydrogens (tertiary/aromatic N) is 1. The summed E-state index contributed by atoms with van der Waals surface area (Å²) in [5.74, 6) is 0.174. The monoisotopic (exact) mass is 192 g/mol. The van der Waals surface area contributed by atoms with Gasteiger partial charge in [0, 0.05) is 30.8 Å². The van der Waals surface area contributed by atoms with E-state index < -0.39 is 0 Å². The minimum atomic E-state index is 0.117. The average molecular weight is 192 g/mol. The maximum Gasteiger partial charge on any atom is 0.140 e. The van der Waals surface area contributed by atoms with E-state index in [-0.39, 0.29) is 11.2 Å². The first kappa shape index (κ1) is 9.19. The molecule has 3 N–H and O–H groups in total. The molecule has 0 spiro atoms. The van der Waals surface area contributed by atoms with Crippen molar-refractivity contribution in [3.05, 3.63) is 17.7 Å². The number of phenolic OH excluding ortho intramolecular Hbond substituents is 1. The summed E-state index contributed by atoms with van der Waals surface area (Å²) in [6.07, 6.45) is 0. The Morgan fingerprint density at radius 3 is 2.71 bits per heavy atom. The highest BCUT2D eigenvalue weighted by molar-refractivity contribution is 5.71. The number of hydrogen-bond acceptors (Lipinski definition) is 3. The third-order valence-electron chi connectivity index (χ3n) is 2.92. The predicted octanol–water partition coefficient (Wildman–Crippen LogP) is 1.70. The minimum Gasteiger partial charge on any atom is -0.506 e. The lowest BCUT2D eigenvalue weighted by Gasteiger charge is -2.18. The summed E-state index contributed by atoms with van der Waals surface area (Å²) in [4.78, 5) is 2.15. The van der Waals surface area contributed by atoms with Gasteiger partial charge in [-0.05, 0) is 11.6 Å². The van der Waals surface area contributed by atoms with Crippen molar-refractivity contribution < 1.29 is 5.11 Å². The number of rotatable bonds is 0. The van der Waals surface area contributed by atoms with Crippen LogP contribution in [0.2, 0.25) is 0 Å². The van der Waals surface area contributed by atoms with Crippen LogP contribution in [0.4, 0.5) is 11.4 Å². The normalized spacial score (nSPS) is 18.4. The summed E-state index contributed by atoms with van der Waals surface area (Å²) in [5, 5.41) is 9.52. The van der Waals surface area contributed by atoms with Gasteiger partial charge in [-0.3, -0.25) is 0 Å². The zero-order chi connectivity index (χ0) is 10.5. The highest BCUT2D eigenvalue weighted by Crippen LogP contribution is 2.43. The van der Waals surface area contributed by atoms with Crippen LogP contribution < -0.4 is 10.6 Å². The number of aromatic hydroxyl groups is 1. The van der Waals surface area contributed by atoms with E-state index in [4.69, 9.17) is 5.73 Å². The summed E-state index contributed by atoms with van der Waals surface area (Å²) in [6.45, 7) is 5.34. The highest BCUT2D eigenvalue weighted by atomic mass is 16.3. The van der Waals surface area contributed by atoms with Gasteiger partial charge in [-0.25, -0.2) is 0 Å². The van der Waals surface area contributed by atoms with Crippen LogP contribution in [0.1, 0.15) is 19.4 Å². The maximum absolute atomic E-state index is 9.52. The van der Waals surface area contributed by atoms with Crippen LogP contribution in [0, 0.1) is 0 Å². The van der Waals surface area contributed by atoms with E-state index in [2.05, 4.69) is 18.7 Å². The van der Waals surface area contributed by atoms with Gasteiger partial charge in [0.25, 0.3) is 0 Å². The van der Waals surface area contributed by atoms with Crippen LogP contribution in [0.3, 0.4) is 0 Å². The zero-order valence-electron chi connectivity index (χ0n) is 8.83. The van der Waals surface area contributed by atoms with Crippen LogP contribution in [-0.2, 0) is 5.41 Å². The molecule has 76 valence electrons. The molecule has 1 aliphatic rings. The molecule has 1 aliphatic heterocycles. The lowest BCUT2D eigenvalue weighted by Crippen LogP contribution is -2.24. The van der Waals surface area contributed by atoms with Gasteiger partial charge in [-0.15, -0.1) is 0 Å². The maximum atomic E-state index is 9.52. The first-order valence-corrected chi connectivity index (χ1v) is 4.76. The molecule has 1 heterocycles. The molecule has 0 atom stereocenters. The Kier molecular flexibility index (Phi) is 1.68. The molecule has 2 rings (SSSR count). The van der Waals surface area contributed by atoms with Crippen LogP contribution in [0.5, 0.6) is 5.75 Å². The van der Waals surface area contributed by atoms with Gasteiger partial charge in [0.2, 0.25) is 0 Å². The number of benzene rings is 1. The fourth-order valence-electron chi connectivity index (χ4n) is 2.22. The van der Waals surface area contributed by atoms with Gasteiger partial charge < -0.3 is 15.7 Å². The van der Waals surface area contributed by atoms with Crippen molar-refractivity contribution in [2.45, 2.75) is 19.3 Å². The molecular weight excluding hydrogens is 176 g/mol. The molecule has 0 saturated heterocycles. The van der Waals surface area contributed by atoms with Crippen molar-refractivity contribution in [2.75, 3.05) is 24.2 Å². The Morgan fingerprint density at radius 2 is 2.07 bits per heavy atom. The van der Waals surface area contributed by atoms with Gasteiger partial charge in [-0.1, -0.05) is 13.8 Å². The van der Waals surface area contributed by atoms with E-state index in [0.29, 0.717) is 5.69 Å². The Labute approximate surface area is 84.1 Å². The molecule has 3 heteroatoms. The van der Waals surface area contributed by atoms with E-state index in [9.17, 15) is 5.11 Å². The van der Waals surface area contributed by atoms with E-state index in [0.717, 1.165) is 12.2 Å². The van der Waals surface area contributed by atoms with Crippen molar-refractivity contribution >= 4 is 11.4 Å². The highest BCUT2D eigenvalue weighted by Gasteiger charge is 2.33. The predicted molar refractivity (Wildman–Crippen MR) is 58.8 cm³/mol. The van der Waals surface area contributed by atoms with Crippen molar-refractivity contribution in [3.8, 4) is 5.75 Å². The van der Waals surface area contributed by atoms with Gasteiger partial charge >= 0.3 is 0 Å². The molecule has 1 aromatic carbocycles. The fraction of sp³-hybridized carbons (Fsp3) is 0.455. The molecule has 0 unspecified atom stereocenters. The van der Waals surface area contributed by atoms with Gasteiger partial charge in [0.05, 0.1) is 5.69 Å². The number of likely N-dealkylation sites (N-methyl/N-ethyl adjacent to an activating group) is 1. The smallest absolute Gasteiger partial charge is 0.140 e. The molecule has 0 aromatic heterocycles. The quantitative estimate of drug-likeness (QED) is 0.486. The van der Waals surface area contributed by atoms with Crippen LogP contribution in [-0.4, -0.2) is 18.7 Å². The molecule has 0 bridgehead atoms. The van der Waals surface area contributed by atoms with E-state index in [1.165, 1.54) is 5.56 Å². The molecule has 0 saturated carbocycles. The van der Waals surface area contributed by atoms with Crippen molar-refractivity contribution in [3.63, 3.8) is 0 Å². The Balaban J connectivity index is 2.64. The van der Waals surface area contributed by atoms with Crippen molar-refractivity contribution in [1.82, 2.24) is 0 Å². The van der Waals surface area contributed by atoms with E-state index in [1.807, 2.05) is 13.1 Å². The minimum absolute atomic E-state index is 0.117. The van der Waals surface area contributed by atoms with Crippen LogP contribution in [0.15, 0.2) is 12.1 Å². The summed E-state index contributed by atoms with van der Waals surface area (Å²) < 4.78 is 0. The van der Waals surface area contributed by atoms with Crippen LogP contribution in [0.25, 0.3) is 0 Å². The second-order valence-corrected chi connectivity index (χ2v) is 4.67. The summed E-state index contributed by atoms with van der Waals surface area (Å²) >= 11 is 0. The molecule has 14 heavy (non-hydrogen) atoms. The molecule has 1 aromatic rings. The topological polar surface area (TPSA) is 49.5 Å². The zero-order valence-corrected chi connectivity index (χ0v) is 8.83. The Morgan fingerprint density at radius 1 is 1.43 bits per heavy atom.